The van der Waals surface area contributed by atoms with Crippen molar-refractivity contribution in [3.8, 4) is 0 Å². The molecule has 1 aromatic heterocycles. The van der Waals surface area contributed by atoms with Gasteiger partial charge in [-0.05, 0) is 25.1 Å². The van der Waals surface area contributed by atoms with Gasteiger partial charge in [-0.25, -0.2) is 9.97 Å². The van der Waals surface area contributed by atoms with Crippen LogP contribution in [0.3, 0.4) is 0 Å². The molecule has 0 amide bonds. The number of piperazine rings is 1. The highest BCUT2D eigenvalue weighted by Gasteiger charge is 2.22. The van der Waals surface area contributed by atoms with Crippen LogP contribution < -0.4 is 4.90 Å². The van der Waals surface area contributed by atoms with Crippen LogP contribution in [0.15, 0.2) is 30.5 Å². The molecule has 3 heterocycles. The molecule has 1 aromatic carbocycles. The predicted octanol–water partition coefficient (Wildman–Crippen LogP) is 2.10. The maximum atomic E-state index is 4.89. The Bertz CT molecular complexity index is 737. The highest BCUT2D eigenvalue weighted by molar-refractivity contribution is 5.35. The summed E-state index contributed by atoms with van der Waals surface area (Å²) in [4.78, 5) is 16.7. The molecule has 2 aliphatic heterocycles. The van der Waals surface area contributed by atoms with Gasteiger partial charge in [-0.15, -0.1) is 0 Å². The number of hydrogen-bond donors (Lipinski definition) is 0. The second-order valence-corrected chi connectivity index (χ2v) is 7.32. The van der Waals surface area contributed by atoms with Crippen LogP contribution in [0.25, 0.3) is 0 Å². The second kappa shape index (κ2) is 7.10. The first-order valence-electron chi connectivity index (χ1n) is 9.24. The van der Waals surface area contributed by atoms with Gasteiger partial charge in [0, 0.05) is 64.0 Å². The molecule has 25 heavy (non-hydrogen) atoms. The average Bonchev–Trinajstić information content (AvgIpc) is 2.64. The predicted molar refractivity (Wildman–Crippen MR) is 101 cm³/mol. The van der Waals surface area contributed by atoms with Crippen LogP contribution in [0.2, 0.25) is 0 Å². The van der Waals surface area contributed by atoms with Crippen molar-refractivity contribution in [1.29, 1.82) is 0 Å². The van der Waals surface area contributed by atoms with Crippen molar-refractivity contribution < 1.29 is 0 Å². The Morgan fingerprint density at radius 1 is 1.04 bits per heavy atom. The first kappa shape index (κ1) is 16.5. The fraction of sp³-hybridized carbons (Fsp3) is 0.500. The van der Waals surface area contributed by atoms with Gasteiger partial charge in [0.05, 0.1) is 5.69 Å². The van der Waals surface area contributed by atoms with Crippen LogP contribution in [-0.2, 0) is 19.5 Å². The lowest BCUT2D eigenvalue weighted by Crippen LogP contribution is -2.45. The lowest BCUT2D eigenvalue weighted by Gasteiger charge is -2.33. The number of anilines is 1. The molecule has 0 saturated carbocycles. The summed E-state index contributed by atoms with van der Waals surface area (Å²) in [6.45, 7) is 9.44. The van der Waals surface area contributed by atoms with Gasteiger partial charge >= 0.3 is 0 Å². The quantitative estimate of drug-likeness (QED) is 0.857. The zero-order chi connectivity index (χ0) is 17.2. The normalized spacial score (nSPS) is 19.0. The molecule has 0 bridgehead atoms. The van der Waals surface area contributed by atoms with E-state index in [2.05, 4.69) is 64.1 Å². The number of likely N-dealkylation sites (N-methyl/N-ethyl adjacent to an activating group) is 1. The fourth-order valence-corrected chi connectivity index (χ4v) is 3.69. The molecule has 0 aliphatic carbocycles. The Morgan fingerprint density at radius 2 is 1.84 bits per heavy atom. The topological polar surface area (TPSA) is 35.5 Å². The van der Waals surface area contributed by atoms with E-state index in [1.165, 1.54) is 22.4 Å². The Balaban J connectivity index is 1.44. The summed E-state index contributed by atoms with van der Waals surface area (Å²) in [5.74, 6) is 0.916. The molecule has 0 atom stereocenters. The van der Waals surface area contributed by atoms with E-state index >= 15 is 0 Å². The van der Waals surface area contributed by atoms with Crippen LogP contribution in [0.1, 0.15) is 22.4 Å². The Kier molecular flexibility index (Phi) is 4.68. The van der Waals surface area contributed by atoms with E-state index < -0.39 is 0 Å². The molecule has 1 saturated heterocycles. The lowest BCUT2D eigenvalue weighted by molar-refractivity contribution is 0.242. The zero-order valence-electron chi connectivity index (χ0n) is 15.3. The monoisotopic (exact) mass is 337 g/mol. The third-order valence-electron chi connectivity index (χ3n) is 5.44. The van der Waals surface area contributed by atoms with E-state index in [9.17, 15) is 0 Å². The first-order valence-corrected chi connectivity index (χ1v) is 9.24. The highest BCUT2D eigenvalue weighted by atomic mass is 15.3. The van der Waals surface area contributed by atoms with Crippen molar-refractivity contribution in [1.82, 2.24) is 19.8 Å². The molecule has 1 fully saturated rings. The van der Waals surface area contributed by atoms with Crippen LogP contribution >= 0.6 is 0 Å². The summed E-state index contributed by atoms with van der Waals surface area (Å²) < 4.78 is 0. The molecule has 0 spiro atoms. The standard InChI is InChI=1S/C20H27N5/c1-16-5-3-4-6-17(16)14-24-8-7-19-18(15-24)13-21-20(22-19)25-11-9-23(2)10-12-25/h3-6,13H,7-12,14-15H2,1-2H3. The minimum Gasteiger partial charge on any atom is -0.338 e. The minimum atomic E-state index is 0.916. The zero-order valence-corrected chi connectivity index (χ0v) is 15.3. The number of fused-ring (bicyclic) bond motifs is 1. The van der Waals surface area contributed by atoms with Crippen molar-refractivity contribution in [3.05, 3.63) is 52.8 Å². The van der Waals surface area contributed by atoms with E-state index in [0.717, 1.165) is 58.2 Å². The molecular formula is C20H27N5. The molecule has 5 nitrogen and oxygen atoms in total. The largest absolute Gasteiger partial charge is 0.338 e. The molecule has 2 aromatic rings. The number of nitrogens with zero attached hydrogens (tertiary/aromatic N) is 5. The van der Waals surface area contributed by atoms with Gasteiger partial charge in [-0.3, -0.25) is 4.90 Å². The van der Waals surface area contributed by atoms with Gasteiger partial charge in [0.2, 0.25) is 5.95 Å². The molecule has 5 heteroatoms. The summed E-state index contributed by atoms with van der Waals surface area (Å²) >= 11 is 0. The van der Waals surface area contributed by atoms with E-state index in [1.54, 1.807) is 0 Å². The van der Waals surface area contributed by atoms with Gasteiger partial charge in [-0.2, -0.15) is 0 Å². The third-order valence-corrected chi connectivity index (χ3v) is 5.44. The summed E-state index contributed by atoms with van der Waals surface area (Å²) in [5.41, 5.74) is 5.32. The molecular weight excluding hydrogens is 310 g/mol. The van der Waals surface area contributed by atoms with E-state index in [-0.39, 0.29) is 0 Å². The van der Waals surface area contributed by atoms with E-state index in [1.807, 2.05) is 0 Å². The SMILES string of the molecule is Cc1ccccc1CN1CCc2nc(N3CCN(C)CC3)ncc2C1. The van der Waals surface area contributed by atoms with Gasteiger partial charge < -0.3 is 9.80 Å². The molecule has 4 rings (SSSR count). The third kappa shape index (κ3) is 3.67. The molecule has 2 aliphatic rings. The van der Waals surface area contributed by atoms with Crippen molar-refractivity contribution in [3.63, 3.8) is 0 Å². The Morgan fingerprint density at radius 3 is 2.64 bits per heavy atom. The van der Waals surface area contributed by atoms with Crippen LogP contribution in [0.5, 0.6) is 0 Å². The minimum absolute atomic E-state index is 0.916. The summed E-state index contributed by atoms with van der Waals surface area (Å²) in [6.07, 6.45) is 3.07. The van der Waals surface area contributed by atoms with Gasteiger partial charge in [0.1, 0.15) is 0 Å². The van der Waals surface area contributed by atoms with Crippen molar-refractivity contribution in [2.24, 2.45) is 0 Å². The number of benzene rings is 1. The summed E-state index contributed by atoms with van der Waals surface area (Å²) in [7, 11) is 2.17. The van der Waals surface area contributed by atoms with Gasteiger partial charge in [-0.1, -0.05) is 24.3 Å². The number of hydrogen-bond acceptors (Lipinski definition) is 5. The van der Waals surface area contributed by atoms with Crippen LogP contribution in [0, 0.1) is 6.92 Å². The van der Waals surface area contributed by atoms with Crippen LogP contribution in [0.4, 0.5) is 5.95 Å². The molecule has 0 N–H and O–H groups in total. The number of rotatable bonds is 3. The van der Waals surface area contributed by atoms with Crippen molar-refractivity contribution in [2.45, 2.75) is 26.4 Å². The lowest BCUT2D eigenvalue weighted by atomic mass is 10.0. The highest BCUT2D eigenvalue weighted by Crippen LogP contribution is 2.22. The maximum Gasteiger partial charge on any atom is 0.225 e. The average molecular weight is 337 g/mol. The molecule has 0 radical (unpaired) electrons. The van der Waals surface area contributed by atoms with E-state index in [4.69, 9.17) is 4.98 Å². The van der Waals surface area contributed by atoms with Crippen molar-refractivity contribution >= 4 is 5.95 Å². The maximum absolute atomic E-state index is 4.89. The van der Waals surface area contributed by atoms with E-state index in [0.29, 0.717) is 0 Å². The van der Waals surface area contributed by atoms with Gasteiger partial charge in [0.15, 0.2) is 0 Å². The second-order valence-electron chi connectivity index (χ2n) is 7.32. The van der Waals surface area contributed by atoms with Crippen LogP contribution in [-0.4, -0.2) is 59.5 Å². The Labute approximate surface area is 150 Å². The molecule has 0 unspecified atom stereocenters. The number of aromatic nitrogens is 2. The molecule has 132 valence electrons. The number of aryl methyl sites for hydroxylation is 1. The summed E-state index contributed by atoms with van der Waals surface area (Å²) in [5, 5.41) is 0. The Hall–Kier alpha value is -1.98. The van der Waals surface area contributed by atoms with Gasteiger partial charge in [0.25, 0.3) is 0 Å². The first-order chi connectivity index (χ1) is 12.2. The fourth-order valence-electron chi connectivity index (χ4n) is 3.69. The summed E-state index contributed by atoms with van der Waals surface area (Å²) in [6, 6.07) is 8.67. The van der Waals surface area contributed by atoms with Crippen molar-refractivity contribution in [2.75, 3.05) is 44.7 Å². The smallest absolute Gasteiger partial charge is 0.225 e.